The van der Waals surface area contributed by atoms with Crippen molar-refractivity contribution in [1.82, 2.24) is 0 Å². The Bertz CT molecular complexity index is 855. The van der Waals surface area contributed by atoms with Crippen LogP contribution < -0.4 is 9.47 Å². The standard InChI is InChI=1S/C15H11BrF2O5S/c16-9-1-3-12(4-2-9)24(19,20)22-8-11-7-21-15-13(18)5-10(17)6-14(15)23-11/h1-6,11H,7-8H2. The van der Waals surface area contributed by atoms with Gasteiger partial charge in [0.1, 0.15) is 19.0 Å². The van der Waals surface area contributed by atoms with Crippen LogP contribution in [0.4, 0.5) is 8.78 Å². The van der Waals surface area contributed by atoms with Gasteiger partial charge >= 0.3 is 0 Å². The van der Waals surface area contributed by atoms with Gasteiger partial charge in [-0.05, 0) is 24.3 Å². The molecular weight excluding hydrogens is 410 g/mol. The molecule has 0 saturated heterocycles. The fourth-order valence-electron chi connectivity index (χ4n) is 2.07. The maximum absolute atomic E-state index is 13.5. The molecule has 0 saturated carbocycles. The monoisotopic (exact) mass is 420 g/mol. The first-order chi connectivity index (χ1) is 11.3. The summed E-state index contributed by atoms with van der Waals surface area (Å²) in [5.41, 5.74) is 0. The smallest absolute Gasteiger partial charge is 0.297 e. The Labute approximate surface area is 145 Å². The number of hydrogen-bond donors (Lipinski definition) is 0. The molecule has 1 aliphatic heterocycles. The number of ether oxygens (including phenoxy) is 2. The van der Waals surface area contributed by atoms with E-state index in [1.165, 1.54) is 12.1 Å². The van der Waals surface area contributed by atoms with Gasteiger partial charge in [-0.2, -0.15) is 8.42 Å². The van der Waals surface area contributed by atoms with Crippen LogP contribution in [-0.2, 0) is 14.3 Å². The van der Waals surface area contributed by atoms with Crippen molar-refractivity contribution in [3.63, 3.8) is 0 Å². The zero-order chi connectivity index (χ0) is 17.3. The van der Waals surface area contributed by atoms with Gasteiger partial charge in [0.2, 0.25) is 0 Å². The van der Waals surface area contributed by atoms with E-state index in [9.17, 15) is 17.2 Å². The molecule has 0 fully saturated rings. The van der Waals surface area contributed by atoms with Crippen molar-refractivity contribution in [2.24, 2.45) is 0 Å². The van der Waals surface area contributed by atoms with Crippen LogP contribution in [-0.4, -0.2) is 27.7 Å². The second-order valence-electron chi connectivity index (χ2n) is 4.96. The highest BCUT2D eigenvalue weighted by Gasteiger charge is 2.27. The van der Waals surface area contributed by atoms with E-state index in [4.69, 9.17) is 13.7 Å². The van der Waals surface area contributed by atoms with Crippen LogP contribution in [0.1, 0.15) is 0 Å². The van der Waals surface area contributed by atoms with Gasteiger partial charge < -0.3 is 9.47 Å². The summed E-state index contributed by atoms with van der Waals surface area (Å²) in [6, 6.07) is 7.55. The number of halogens is 3. The molecule has 0 aromatic heterocycles. The summed E-state index contributed by atoms with van der Waals surface area (Å²) >= 11 is 3.21. The van der Waals surface area contributed by atoms with E-state index >= 15 is 0 Å². The zero-order valence-corrected chi connectivity index (χ0v) is 14.4. The lowest BCUT2D eigenvalue weighted by Crippen LogP contribution is -2.34. The summed E-state index contributed by atoms with van der Waals surface area (Å²) in [7, 11) is -3.97. The molecule has 2 aromatic rings. The first-order valence-corrected chi connectivity index (χ1v) is 8.99. The van der Waals surface area contributed by atoms with E-state index in [0.29, 0.717) is 6.07 Å². The molecule has 0 N–H and O–H groups in total. The minimum atomic E-state index is -3.97. The molecule has 0 spiro atoms. The molecule has 0 bridgehead atoms. The Balaban J connectivity index is 1.68. The van der Waals surface area contributed by atoms with Gasteiger partial charge in [0, 0.05) is 16.6 Å². The first kappa shape index (κ1) is 17.1. The Morgan fingerprint density at radius 3 is 2.62 bits per heavy atom. The predicted molar refractivity (Wildman–Crippen MR) is 83.5 cm³/mol. The van der Waals surface area contributed by atoms with Crippen molar-refractivity contribution in [2.45, 2.75) is 11.0 Å². The van der Waals surface area contributed by atoms with E-state index in [0.717, 1.165) is 10.5 Å². The van der Waals surface area contributed by atoms with Crippen molar-refractivity contribution in [2.75, 3.05) is 13.2 Å². The van der Waals surface area contributed by atoms with E-state index in [-0.39, 0.29) is 29.6 Å². The largest absolute Gasteiger partial charge is 0.483 e. The summed E-state index contributed by atoms with van der Waals surface area (Å²) < 4.78 is 67.1. The average Bonchev–Trinajstić information content (AvgIpc) is 2.53. The van der Waals surface area contributed by atoms with E-state index in [1.54, 1.807) is 12.1 Å². The van der Waals surface area contributed by atoms with Crippen LogP contribution in [0.2, 0.25) is 0 Å². The first-order valence-electron chi connectivity index (χ1n) is 6.78. The Morgan fingerprint density at radius 2 is 1.92 bits per heavy atom. The predicted octanol–water partition coefficient (Wildman–Crippen LogP) is 3.27. The SMILES string of the molecule is O=S(=O)(OCC1COc2c(F)cc(F)cc2O1)c1ccc(Br)cc1. The van der Waals surface area contributed by atoms with Crippen LogP contribution in [0.15, 0.2) is 45.8 Å². The molecule has 1 unspecified atom stereocenters. The van der Waals surface area contributed by atoms with Crippen molar-refractivity contribution < 1.29 is 30.9 Å². The molecule has 9 heteroatoms. The van der Waals surface area contributed by atoms with E-state index < -0.39 is 27.9 Å². The van der Waals surface area contributed by atoms with Crippen molar-refractivity contribution in [3.8, 4) is 11.5 Å². The molecule has 128 valence electrons. The van der Waals surface area contributed by atoms with Crippen molar-refractivity contribution in [1.29, 1.82) is 0 Å². The molecule has 0 aliphatic carbocycles. The van der Waals surface area contributed by atoms with Crippen LogP contribution in [0.3, 0.4) is 0 Å². The Hall–Kier alpha value is -1.71. The summed E-state index contributed by atoms with van der Waals surface area (Å²) in [5, 5.41) is 0. The summed E-state index contributed by atoms with van der Waals surface area (Å²) in [6.45, 7) is -0.471. The lowest BCUT2D eigenvalue weighted by Gasteiger charge is -2.26. The maximum Gasteiger partial charge on any atom is 0.297 e. The van der Waals surface area contributed by atoms with E-state index in [2.05, 4.69) is 15.9 Å². The number of rotatable bonds is 4. The fourth-order valence-corrected chi connectivity index (χ4v) is 3.27. The quantitative estimate of drug-likeness (QED) is 0.710. The zero-order valence-electron chi connectivity index (χ0n) is 12.0. The summed E-state index contributed by atoms with van der Waals surface area (Å²) in [5.74, 6) is -2.04. The maximum atomic E-state index is 13.5. The number of fused-ring (bicyclic) bond motifs is 1. The molecule has 3 rings (SSSR count). The minimum Gasteiger partial charge on any atom is -0.483 e. The minimum absolute atomic E-state index is 0.0140. The highest BCUT2D eigenvalue weighted by molar-refractivity contribution is 9.10. The second-order valence-corrected chi connectivity index (χ2v) is 7.49. The third-order valence-corrected chi connectivity index (χ3v) is 5.02. The molecule has 1 heterocycles. The van der Waals surface area contributed by atoms with Crippen LogP contribution in [0.25, 0.3) is 0 Å². The molecule has 1 atom stereocenters. The van der Waals surface area contributed by atoms with Crippen LogP contribution >= 0.6 is 15.9 Å². The van der Waals surface area contributed by atoms with Gasteiger partial charge in [-0.3, -0.25) is 4.18 Å². The van der Waals surface area contributed by atoms with E-state index in [1.807, 2.05) is 0 Å². The third-order valence-electron chi connectivity index (χ3n) is 3.19. The topological polar surface area (TPSA) is 61.8 Å². The van der Waals surface area contributed by atoms with Gasteiger partial charge in [0.15, 0.2) is 23.4 Å². The molecule has 1 aliphatic rings. The molecule has 0 amide bonds. The molecule has 2 aromatic carbocycles. The fraction of sp³-hybridized carbons (Fsp3) is 0.200. The number of hydrogen-bond acceptors (Lipinski definition) is 5. The Morgan fingerprint density at radius 1 is 1.21 bits per heavy atom. The van der Waals surface area contributed by atoms with Gasteiger partial charge in [0.25, 0.3) is 10.1 Å². The summed E-state index contributed by atoms with van der Waals surface area (Å²) in [4.78, 5) is -0.0140. The lowest BCUT2D eigenvalue weighted by atomic mass is 10.2. The average molecular weight is 421 g/mol. The molecule has 5 nitrogen and oxygen atoms in total. The van der Waals surface area contributed by atoms with Gasteiger partial charge in [0.05, 0.1) is 4.90 Å². The van der Waals surface area contributed by atoms with Gasteiger partial charge in [-0.25, -0.2) is 8.78 Å². The Kier molecular flexibility index (Phi) is 4.75. The second kappa shape index (κ2) is 6.66. The highest BCUT2D eigenvalue weighted by Crippen LogP contribution is 2.35. The van der Waals surface area contributed by atoms with Crippen LogP contribution in [0, 0.1) is 11.6 Å². The van der Waals surface area contributed by atoms with Gasteiger partial charge in [-0.15, -0.1) is 0 Å². The molecule has 0 radical (unpaired) electrons. The summed E-state index contributed by atoms with van der Waals surface area (Å²) in [6.07, 6.45) is -0.816. The highest BCUT2D eigenvalue weighted by atomic mass is 79.9. The molecular formula is C15H11BrF2O5S. The third kappa shape index (κ3) is 3.68. The van der Waals surface area contributed by atoms with Gasteiger partial charge in [-0.1, -0.05) is 15.9 Å². The number of benzene rings is 2. The van der Waals surface area contributed by atoms with Crippen molar-refractivity contribution >= 4 is 26.0 Å². The van der Waals surface area contributed by atoms with Crippen molar-refractivity contribution in [3.05, 3.63) is 52.5 Å². The normalized spacial score (nSPS) is 16.9. The van der Waals surface area contributed by atoms with Crippen LogP contribution in [0.5, 0.6) is 11.5 Å². The molecule has 24 heavy (non-hydrogen) atoms. The lowest BCUT2D eigenvalue weighted by molar-refractivity contribution is 0.0519.